The van der Waals surface area contributed by atoms with Gasteiger partial charge in [-0.15, -0.1) is 0 Å². The molecule has 0 fully saturated rings. The van der Waals surface area contributed by atoms with Gasteiger partial charge >= 0.3 is 0 Å². The smallest absolute Gasteiger partial charge is 0.210 e. The van der Waals surface area contributed by atoms with Gasteiger partial charge in [-0.2, -0.15) is 10.5 Å². The van der Waals surface area contributed by atoms with E-state index in [1.54, 1.807) is 64.1 Å². The summed E-state index contributed by atoms with van der Waals surface area (Å²) in [6.45, 7) is 7.05. The highest BCUT2D eigenvalue weighted by Gasteiger charge is 2.29. The number of ether oxygens (including phenoxy) is 2. The van der Waals surface area contributed by atoms with E-state index in [1.165, 1.54) is 0 Å². The van der Waals surface area contributed by atoms with Crippen molar-refractivity contribution in [3.05, 3.63) is 81.4 Å². The molecule has 30 heavy (non-hydrogen) atoms. The second kappa shape index (κ2) is 8.23. The number of hydrogen-bond acceptors (Lipinski definition) is 4. The molecule has 150 valence electrons. The van der Waals surface area contributed by atoms with Crippen LogP contribution in [0.25, 0.3) is 0 Å². The molecule has 4 nitrogen and oxygen atoms in total. The Labute approximate surface area is 173 Å². The quantitative estimate of drug-likeness (QED) is 0.496. The number of nitriles is 2. The molecule has 0 N–H and O–H groups in total. The molecule has 3 aromatic rings. The molecule has 0 unspecified atom stereocenters. The van der Waals surface area contributed by atoms with Crippen LogP contribution in [0.5, 0.6) is 23.0 Å². The summed E-state index contributed by atoms with van der Waals surface area (Å²) in [6, 6.07) is 13.8. The predicted octanol–water partition coefficient (Wildman–Crippen LogP) is 6.53. The van der Waals surface area contributed by atoms with E-state index in [4.69, 9.17) is 9.47 Å². The molecule has 0 radical (unpaired) electrons. The Morgan fingerprint density at radius 2 is 0.900 bits per heavy atom. The van der Waals surface area contributed by atoms with Crippen LogP contribution in [0.15, 0.2) is 36.4 Å². The highest BCUT2D eigenvalue weighted by atomic mass is 19.1. The minimum atomic E-state index is -1.15. The van der Waals surface area contributed by atoms with Crippen molar-refractivity contribution in [3.8, 4) is 35.1 Å². The van der Waals surface area contributed by atoms with Crippen LogP contribution in [0, 0.1) is 62.0 Å². The molecule has 0 amide bonds. The fourth-order valence-corrected chi connectivity index (χ4v) is 3.16. The Morgan fingerprint density at radius 3 is 1.17 bits per heavy atom. The zero-order valence-corrected chi connectivity index (χ0v) is 16.9. The average Bonchev–Trinajstić information content (AvgIpc) is 2.71. The highest BCUT2D eigenvalue weighted by molar-refractivity contribution is 5.61. The summed E-state index contributed by atoms with van der Waals surface area (Å²) in [6.07, 6.45) is 0. The van der Waals surface area contributed by atoms with Gasteiger partial charge in [-0.05, 0) is 49.9 Å². The van der Waals surface area contributed by atoms with Gasteiger partial charge in [0.2, 0.25) is 11.5 Å². The Balaban J connectivity index is 2.31. The van der Waals surface area contributed by atoms with E-state index in [0.717, 1.165) is 0 Å². The first-order valence-electron chi connectivity index (χ1n) is 9.13. The molecule has 0 aliphatic rings. The average molecular weight is 404 g/mol. The Kier molecular flexibility index (Phi) is 5.71. The zero-order valence-electron chi connectivity index (χ0n) is 16.9. The van der Waals surface area contributed by atoms with Gasteiger partial charge in [0.25, 0.3) is 0 Å². The number of para-hydroxylation sites is 2. The second-order valence-electron chi connectivity index (χ2n) is 6.91. The van der Waals surface area contributed by atoms with Crippen LogP contribution in [0.1, 0.15) is 33.4 Å². The molecule has 0 bridgehead atoms. The van der Waals surface area contributed by atoms with Crippen LogP contribution >= 0.6 is 0 Å². The third-order valence-electron chi connectivity index (χ3n) is 4.74. The number of halogens is 2. The first-order chi connectivity index (χ1) is 14.3. The summed E-state index contributed by atoms with van der Waals surface area (Å²) in [5.74, 6) is -2.84. The number of benzene rings is 3. The molecule has 0 saturated carbocycles. The maximum Gasteiger partial charge on any atom is 0.210 e. The van der Waals surface area contributed by atoms with Crippen molar-refractivity contribution in [2.24, 2.45) is 0 Å². The molecular formula is C24H18F2N2O2. The van der Waals surface area contributed by atoms with E-state index in [1.807, 2.05) is 12.1 Å². The van der Waals surface area contributed by atoms with E-state index in [0.29, 0.717) is 33.8 Å². The Morgan fingerprint density at radius 1 is 0.600 bits per heavy atom. The van der Waals surface area contributed by atoms with Gasteiger partial charge in [0.05, 0.1) is 0 Å². The van der Waals surface area contributed by atoms with Gasteiger partial charge in [-0.25, -0.2) is 8.78 Å². The first-order valence-corrected chi connectivity index (χ1v) is 9.13. The SMILES string of the molecule is Cc1cccc(C)c1Oc1c(F)c(C#N)c(C#N)c(F)c1Oc1c(C)cccc1C. The minimum Gasteiger partial charge on any atom is -0.450 e. The summed E-state index contributed by atoms with van der Waals surface area (Å²) in [7, 11) is 0. The van der Waals surface area contributed by atoms with Crippen molar-refractivity contribution in [1.29, 1.82) is 10.5 Å². The van der Waals surface area contributed by atoms with E-state index in [2.05, 4.69) is 0 Å². The lowest BCUT2D eigenvalue weighted by Gasteiger charge is -2.19. The van der Waals surface area contributed by atoms with Crippen molar-refractivity contribution in [2.45, 2.75) is 27.7 Å². The lowest BCUT2D eigenvalue weighted by atomic mass is 10.1. The molecule has 3 rings (SSSR count). The molecule has 0 aliphatic carbocycles. The van der Waals surface area contributed by atoms with E-state index < -0.39 is 34.3 Å². The zero-order chi connectivity index (χ0) is 22.0. The maximum absolute atomic E-state index is 15.3. The van der Waals surface area contributed by atoms with E-state index >= 15 is 8.78 Å². The molecule has 0 heterocycles. The van der Waals surface area contributed by atoms with Gasteiger partial charge in [0, 0.05) is 0 Å². The topological polar surface area (TPSA) is 66.0 Å². The standard InChI is InChI=1S/C24H18F2N2O2/c1-13-7-5-8-14(2)21(13)29-23-19(25)17(11-27)18(12-28)20(26)24(23)30-22-15(3)9-6-10-16(22)4/h5-10H,1-4H3. The minimum absolute atomic E-state index is 0.316. The van der Waals surface area contributed by atoms with Crippen molar-refractivity contribution in [3.63, 3.8) is 0 Å². The molecule has 3 aromatic carbocycles. The number of rotatable bonds is 4. The molecule has 0 saturated heterocycles. The van der Waals surface area contributed by atoms with Crippen LogP contribution in [-0.2, 0) is 0 Å². The van der Waals surface area contributed by atoms with E-state index in [-0.39, 0.29) is 0 Å². The molecule has 0 aliphatic heterocycles. The lowest BCUT2D eigenvalue weighted by Crippen LogP contribution is -2.05. The third kappa shape index (κ3) is 3.56. The molecular weight excluding hydrogens is 386 g/mol. The highest BCUT2D eigenvalue weighted by Crippen LogP contribution is 2.44. The van der Waals surface area contributed by atoms with E-state index in [9.17, 15) is 10.5 Å². The fourth-order valence-electron chi connectivity index (χ4n) is 3.16. The van der Waals surface area contributed by atoms with Gasteiger partial charge in [-0.3, -0.25) is 0 Å². The summed E-state index contributed by atoms with van der Waals surface area (Å²) < 4.78 is 42.1. The Hall–Kier alpha value is -3.90. The second-order valence-corrected chi connectivity index (χ2v) is 6.91. The van der Waals surface area contributed by atoms with Crippen molar-refractivity contribution >= 4 is 0 Å². The van der Waals surface area contributed by atoms with Crippen LogP contribution < -0.4 is 9.47 Å². The summed E-state index contributed by atoms with van der Waals surface area (Å²) in [5.41, 5.74) is 1.30. The summed E-state index contributed by atoms with van der Waals surface area (Å²) >= 11 is 0. The molecule has 0 spiro atoms. The van der Waals surface area contributed by atoms with Crippen molar-refractivity contribution in [1.82, 2.24) is 0 Å². The first kappa shape index (κ1) is 20.8. The number of nitrogens with zero attached hydrogens (tertiary/aromatic N) is 2. The third-order valence-corrected chi connectivity index (χ3v) is 4.74. The molecule has 6 heteroatoms. The number of aryl methyl sites for hydroxylation is 4. The van der Waals surface area contributed by atoms with Crippen LogP contribution in [0.3, 0.4) is 0 Å². The summed E-state index contributed by atoms with van der Waals surface area (Å²) in [5, 5.41) is 18.6. The molecule has 0 atom stereocenters. The van der Waals surface area contributed by atoms with Gasteiger partial charge < -0.3 is 9.47 Å². The van der Waals surface area contributed by atoms with Crippen molar-refractivity contribution < 1.29 is 18.3 Å². The van der Waals surface area contributed by atoms with Gasteiger partial charge in [-0.1, -0.05) is 36.4 Å². The van der Waals surface area contributed by atoms with Crippen LogP contribution in [-0.4, -0.2) is 0 Å². The molecule has 0 aromatic heterocycles. The van der Waals surface area contributed by atoms with Crippen LogP contribution in [0.4, 0.5) is 8.78 Å². The van der Waals surface area contributed by atoms with Gasteiger partial charge in [0.1, 0.15) is 34.8 Å². The summed E-state index contributed by atoms with van der Waals surface area (Å²) in [4.78, 5) is 0. The van der Waals surface area contributed by atoms with Crippen molar-refractivity contribution in [2.75, 3.05) is 0 Å². The van der Waals surface area contributed by atoms with Crippen LogP contribution in [0.2, 0.25) is 0 Å². The largest absolute Gasteiger partial charge is 0.450 e. The monoisotopic (exact) mass is 404 g/mol. The normalized spacial score (nSPS) is 10.3. The lowest BCUT2D eigenvalue weighted by molar-refractivity contribution is 0.369. The number of hydrogen-bond donors (Lipinski definition) is 0. The fraction of sp³-hybridized carbons (Fsp3) is 0.167. The predicted molar refractivity (Wildman–Crippen MR) is 108 cm³/mol. The van der Waals surface area contributed by atoms with Gasteiger partial charge in [0.15, 0.2) is 11.6 Å². The maximum atomic E-state index is 15.3. The Bertz CT molecular complexity index is 1100.